The molecular weight excluding hydrogens is 202 g/mol. The van der Waals surface area contributed by atoms with Gasteiger partial charge >= 0.3 is 5.97 Å². The smallest absolute Gasteiger partial charge is 0.303 e. The number of carboxylic acid groups (broad SMARTS) is 1. The van der Waals surface area contributed by atoms with E-state index in [2.05, 4.69) is 25.7 Å². The first-order valence-corrected chi connectivity index (χ1v) is 6.40. The molecule has 0 amide bonds. The summed E-state index contributed by atoms with van der Waals surface area (Å²) in [7, 11) is 0. The van der Waals surface area contributed by atoms with E-state index in [4.69, 9.17) is 5.11 Å². The first-order chi connectivity index (χ1) is 7.45. The lowest BCUT2D eigenvalue weighted by atomic mass is 9.72. The van der Waals surface area contributed by atoms with Crippen LogP contribution in [0.4, 0.5) is 0 Å². The van der Waals surface area contributed by atoms with E-state index in [0.29, 0.717) is 12.3 Å². The minimum Gasteiger partial charge on any atom is -0.481 e. The highest BCUT2D eigenvalue weighted by molar-refractivity contribution is 5.67. The molecule has 16 heavy (non-hydrogen) atoms. The van der Waals surface area contributed by atoms with Crippen molar-refractivity contribution in [3.05, 3.63) is 0 Å². The summed E-state index contributed by atoms with van der Waals surface area (Å²) in [5.41, 5.74) is 0.143. The Morgan fingerprint density at radius 2 is 2.19 bits per heavy atom. The summed E-state index contributed by atoms with van der Waals surface area (Å²) in [5.74, 6) is -0.317. The molecule has 0 aliphatic carbocycles. The molecule has 1 saturated heterocycles. The van der Waals surface area contributed by atoms with Crippen LogP contribution in [0.3, 0.4) is 0 Å². The van der Waals surface area contributed by atoms with E-state index in [9.17, 15) is 4.79 Å². The number of hydrogen-bond donors (Lipinski definition) is 1. The van der Waals surface area contributed by atoms with Crippen molar-refractivity contribution in [3.63, 3.8) is 0 Å². The van der Waals surface area contributed by atoms with Gasteiger partial charge in [0.05, 0.1) is 0 Å². The lowest BCUT2D eigenvalue weighted by Gasteiger charge is -2.44. The number of likely N-dealkylation sites (tertiary alicyclic amines) is 1. The fourth-order valence-corrected chi connectivity index (χ4v) is 2.68. The predicted octanol–water partition coefficient (Wildman–Crippen LogP) is 2.61. The normalized spacial score (nSPS) is 25.6. The lowest BCUT2D eigenvalue weighted by molar-refractivity contribution is -0.140. The number of rotatable bonds is 5. The third-order valence-electron chi connectivity index (χ3n) is 3.78. The fourth-order valence-electron chi connectivity index (χ4n) is 2.68. The van der Waals surface area contributed by atoms with Crippen molar-refractivity contribution < 1.29 is 9.90 Å². The Bertz CT molecular complexity index is 238. The molecule has 1 unspecified atom stereocenters. The van der Waals surface area contributed by atoms with Crippen LogP contribution in [0, 0.1) is 11.3 Å². The van der Waals surface area contributed by atoms with Crippen LogP contribution in [-0.4, -0.2) is 35.6 Å². The summed E-state index contributed by atoms with van der Waals surface area (Å²) in [6.45, 7) is 9.91. The molecule has 1 aliphatic rings. The van der Waals surface area contributed by atoms with Gasteiger partial charge in [-0.1, -0.05) is 27.2 Å². The van der Waals surface area contributed by atoms with E-state index in [0.717, 1.165) is 19.5 Å². The van der Waals surface area contributed by atoms with Crippen LogP contribution in [0.15, 0.2) is 0 Å². The van der Waals surface area contributed by atoms with Gasteiger partial charge < -0.3 is 10.0 Å². The van der Waals surface area contributed by atoms with Crippen molar-refractivity contribution in [1.29, 1.82) is 0 Å². The van der Waals surface area contributed by atoms with Gasteiger partial charge in [-0.05, 0) is 37.3 Å². The number of piperidine rings is 1. The van der Waals surface area contributed by atoms with Gasteiger partial charge in [0.15, 0.2) is 0 Å². The van der Waals surface area contributed by atoms with E-state index in [1.807, 2.05) is 0 Å². The average molecular weight is 227 g/mol. The maximum Gasteiger partial charge on any atom is 0.303 e. The minimum atomic E-state index is -0.653. The lowest BCUT2D eigenvalue weighted by Crippen LogP contribution is -2.46. The zero-order valence-corrected chi connectivity index (χ0v) is 10.8. The van der Waals surface area contributed by atoms with Crippen molar-refractivity contribution in [3.8, 4) is 0 Å². The van der Waals surface area contributed by atoms with E-state index in [1.54, 1.807) is 0 Å². The van der Waals surface area contributed by atoms with Crippen LogP contribution in [0.1, 0.15) is 46.5 Å². The number of aliphatic carboxylic acids is 1. The monoisotopic (exact) mass is 227 g/mol. The Kier molecular flexibility index (Phi) is 4.78. The highest BCUT2D eigenvalue weighted by Crippen LogP contribution is 2.37. The van der Waals surface area contributed by atoms with E-state index >= 15 is 0 Å². The molecule has 0 radical (unpaired) electrons. The van der Waals surface area contributed by atoms with Crippen molar-refractivity contribution in [1.82, 2.24) is 4.90 Å². The Labute approximate surface area is 98.8 Å². The predicted molar refractivity (Wildman–Crippen MR) is 65.5 cm³/mol. The highest BCUT2D eigenvalue weighted by Gasteiger charge is 2.36. The van der Waals surface area contributed by atoms with Crippen LogP contribution >= 0.6 is 0 Å². The summed E-state index contributed by atoms with van der Waals surface area (Å²) >= 11 is 0. The Morgan fingerprint density at radius 3 is 2.69 bits per heavy atom. The second kappa shape index (κ2) is 5.67. The van der Waals surface area contributed by atoms with Gasteiger partial charge in [-0.25, -0.2) is 0 Å². The van der Waals surface area contributed by atoms with Crippen LogP contribution in [0.25, 0.3) is 0 Å². The Morgan fingerprint density at radius 1 is 1.50 bits per heavy atom. The van der Waals surface area contributed by atoms with Crippen molar-refractivity contribution in [2.75, 3.05) is 19.6 Å². The topological polar surface area (TPSA) is 40.5 Å². The molecule has 0 aromatic heterocycles. The molecular formula is C13H25NO2. The van der Waals surface area contributed by atoms with Crippen LogP contribution in [0.5, 0.6) is 0 Å². The van der Waals surface area contributed by atoms with Crippen LogP contribution in [-0.2, 0) is 4.79 Å². The molecule has 0 spiro atoms. The van der Waals surface area contributed by atoms with E-state index in [-0.39, 0.29) is 5.41 Å². The standard InChI is InChI=1S/C13H25NO2/c1-4-5-7-14-8-6-11(9-12(15)16)13(2,3)10-14/h11H,4-10H2,1-3H3,(H,15,16). The highest BCUT2D eigenvalue weighted by atomic mass is 16.4. The molecule has 1 atom stereocenters. The third-order valence-corrected chi connectivity index (χ3v) is 3.78. The summed E-state index contributed by atoms with van der Waals surface area (Å²) in [5, 5.41) is 8.89. The molecule has 1 N–H and O–H groups in total. The molecule has 3 heteroatoms. The first kappa shape index (κ1) is 13.5. The zero-order valence-electron chi connectivity index (χ0n) is 10.8. The Hall–Kier alpha value is -0.570. The minimum absolute atomic E-state index is 0.143. The van der Waals surface area contributed by atoms with E-state index < -0.39 is 5.97 Å². The SMILES string of the molecule is CCCCN1CCC(CC(=O)O)C(C)(C)C1. The average Bonchev–Trinajstić information content (AvgIpc) is 2.17. The van der Waals surface area contributed by atoms with Gasteiger partial charge in [-0.3, -0.25) is 4.79 Å². The first-order valence-electron chi connectivity index (χ1n) is 6.40. The van der Waals surface area contributed by atoms with Gasteiger partial charge in [0.25, 0.3) is 0 Å². The van der Waals surface area contributed by atoms with Crippen LogP contribution in [0.2, 0.25) is 0 Å². The summed E-state index contributed by atoms with van der Waals surface area (Å²) in [6.07, 6.45) is 3.84. The van der Waals surface area contributed by atoms with Gasteiger partial charge in [0.1, 0.15) is 0 Å². The molecule has 3 nitrogen and oxygen atoms in total. The van der Waals surface area contributed by atoms with Crippen molar-refractivity contribution in [2.45, 2.75) is 46.5 Å². The van der Waals surface area contributed by atoms with Crippen molar-refractivity contribution in [2.24, 2.45) is 11.3 Å². The zero-order chi connectivity index (χ0) is 12.2. The number of hydrogen-bond acceptors (Lipinski definition) is 2. The van der Waals surface area contributed by atoms with Crippen LogP contribution < -0.4 is 0 Å². The fraction of sp³-hybridized carbons (Fsp3) is 0.923. The second-order valence-corrected chi connectivity index (χ2v) is 5.70. The maximum atomic E-state index is 10.8. The summed E-state index contributed by atoms with van der Waals surface area (Å²) < 4.78 is 0. The number of unbranched alkanes of at least 4 members (excludes halogenated alkanes) is 1. The second-order valence-electron chi connectivity index (χ2n) is 5.70. The molecule has 0 bridgehead atoms. The molecule has 0 aromatic carbocycles. The molecule has 1 rings (SSSR count). The molecule has 94 valence electrons. The van der Waals surface area contributed by atoms with Crippen molar-refractivity contribution >= 4 is 5.97 Å². The Balaban J connectivity index is 2.48. The third kappa shape index (κ3) is 3.78. The summed E-state index contributed by atoms with van der Waals surface area (Å²) in [4.78, 5) is 13.3. The maximum absolute atomic E-state index is 10.8. The van der Waals surface area contributed by atoms with Gasteiger partial charge in [-0.2, -0.15) is 0 Å². The molecule has 0 aromatic rings. The summed E-state index contributed by atoms with van der Waals surface area (Å²) in [6, 6.07) is 0. The van der Waals surface area contributed by atoms with Gasteiger partial charge in [0.2, 0.25) is 0 Å². The quantitative estimate of drug-likeness (QED) is 0.785. The molecule has 1 aliphatic heterocycles. The molecule has 0 saturated carbocycles. The number of nitrogens with zero attached hydrogens (tertiary/aromatic N) is 1. The van der Waals surface area contributed by atoms with E-state index in [1.165, 1.54) is 19.4 Å². The largest absolute Gasteiger partial charge is 0.481 e. The van der Waals surface area contributed by atoms with Gasteiger partial charge in [0, 0.05) is 13.0 Å². The number of carboxylic acids is 1. The molecule has 1 heterocycles. The molecule has 1 fully saturated rings. The van der Waals surface area contributed by atoms with Gasteiger partial charge in [-0.15, -0.1) is 0 Å². The number of carbonyl (C=O) groups is 1.